The van der Waals surface area contributed by atoms with Gasteiger partial charge in [0.2, 0.25) is 5.91 Å². The van der Waals surface area contributed by atoms with E-state index in [-0.39, 0.29) is 24.3 Å². The van der Waals surface area contributed by atoms with E-state index in [1.165, 1.54) is 18.3 Å². The second kappa shape index (κ2) is 10.1. The van der Waals surface area contributed by atoms with Gasteiger partial charge in [0.05, 0.1) is 11.4 Å². The zero-order chi connectivity index (χ0) is 20.6. The van der Waals surface area contributed by atoms with Crippen molar-refractivity contribution in [2.24, 2.45) is 0 Å². The average Bonchev–Trinajstić information content (AvgIpc) is 3.38. The molecule has 0 unspecified atom stereocenters. The Hall–Kier alpha value is -2.87. The van der Waals surface area contributed by atoms with Crippen LogP contribution in [0.1, 0.15) is 39.9 Å². The van der Waals surface area contributed by atoms with Crippen LogP contribution in [0.15, 0.2) is 36.4 Å². The highest BCUT2D eigenvalue weighted by molar-refractivity contribution is 7.14. The second-order valence-corrected chi connectivity index (χ2v) is 8.12. The van der Waals surface area contributed by atoms with E-state index in [0.717, 1.165) is 23.3 Å². The van der Waals surface area contributed by atoms with Crippen molar-refractivity contribution in [1.82, 2.24) is 16.0 Å². The molecule has 7 nitrogen and oxygen atoms in total. The van der Waals surface area contributed by atoms with Gasteiger partial charge in [0.15, 0.2) is 6.61 Å². The van der Waals surface area contributed by atoms with Gasteiger partial charge >= 0.3 is 0 Å². The minimum atomic E-state index is -0.120. The van der Waals surface area contributed by atoms with Crippen LogP contribution in [-0.2, 0) is 22.6 Å². The van der Waals surface area contributed by atoms with Crippen molar-refractivity contribution < 1.29 is 19.1 Å². The highest BCUT2D eigenvalue weighted by Gasteiger charge is 2.23. The molecule has 1 aromatic carbocycles. The molecule has 0 spiro atoms. The van der Waals surface area contributed by atoms with Gasteiger partial charge in [-0.3, -0.25) is 14.4 Å². The first-order chi connectivity index (χ1) is 14.0. The molecule has 0 bridgehead atoms. The molecule has 1 aliphatic rings. The molecule has 3 N–H and O–H groups in total. The fourth-order valence-corrected chi connectivity index (χ4v) is 3.48. The Labute approximate surface area is 173 Å². The number of thiophene rings is 1. The summed E-state index contributed by atoms with van der Waals surface area (Å²) < 4.78 is 5.48. The van der Waals surface area contributed by atoms with E-state index in [2.05, 4.69) is 16.0 Å². The normalized spacial score (nSPS) is 12.9. The van der Waals surface area contributed by atoms with E-state index in [0.29, 0.717) is 36.2 Å². The lowest BCUT2D eigenvalue weighted by Crippen LogP contribution is -2.30. The average molecular weight is 416 g/mol. The van der Waals surface area contributed by atoms with Crippen molar-refractivity contribution >= 4 is 29.1 Å². The standard InChI is InChI=1S/C21H25N3O4S/c1-14(25)23-12-18-8-9-19(29-18)21(27)22-11-10-15-2-6-17(7-3-15)28-13-20(26)24-16-4-5-16/h2-3,6-9,16H,4-5,10-13H2,1H3,(H,22,27)(H,23,25)(H,24,26). The number of benzene rings is 1. The van der Waals surface area contributed by atoms with Gasteiger partial charge in [-0.1, -0.05) is 12.1 Å². The first-order valence-corrected chi connectivity index (χ1v) is 10.4. The lowest BCUT2D eigenvalue weighted by Gasteiger charge is -2.08. The molecule has 0 atom stereocenters. The first kappa shape index (κ1) is 20.9. The van der Waals surface area contributed by atoms with Gasteiger partial charge in [-0.15, -0.1) is 11.3 Å². The largest absolute Gasteiger partial charge is 0.484 e. The molecule has 1 aromatic heterocycles. The Morgan fingerprint density at radius 1 is 1.07 bits per heavy atom. The summed E-state index contributed by atoms with van der Waals surface area (Å²) >= 11 is 1.37. The number of rotatable bonds is 10. The van der Waals surface area contributed by atoms with Gasteiger partial charge in [0.25, 0.3) is 11.8 Å². The van der Waals surface area contributed by atoms with Crippen molar-refractivity contribution in [2.45, 2.75) is 38.8 Å². The van der Waals surface area contributed by atoms with Crippen molar-refractivity contribution in [2.75, 3.05) is 13.2 Å². The molecule has 0 aliphatic heterocycles. The van der Waals surface area contributed by atoms with Crippen LogP contribution in [0.25, 0.3) is 0 Å². The van der Waals surface area contributed by atoms with Crippen LogP contribution in [0.3, 0.4) is 0 Å². The van der Waals surface area contributed by atoms with Crippen LogP contribution in [0.4, 0.5) is 0 Å². The van der Waals surface area contributed by atoms with Crippen LogP contribution < -0.4 is 20.7 Å². The predicted octanol–water partition coefficient (Wildman–Crippen LogP) is 2.01. The number of hydrogen-bond donors (Lipinski definition) is 3. The maximum atomic E-state index is 12.2. The van der Waals surface area contributed by atoms with E-state index < -0.39 is 0 Å². The SMILES string of the molecule is CC(=O)NCc1ccc(C(=O)NCCc2ccc(OCC(=O)NC3CC3)cc2)s1. The summed E-state index contributed by atoms with van der Waals surface area (Å²) in [5, 5.41) is 8.50. The predicted molar refractivity (Wildman–Crippen MR) is 111 cm³/mol. The number of carbonyl (C=O) groups is 3. The molecule has 1 saturated carbocycles. The summed E-state index contributed by atoms with van der Waals surface area (Å²) in [5.74, 6) is 0.343. The van der Waals surface area contributed by atoms with Crippen LogP contribution >= 0.6 is 11.3 Å². The smallest absolute Gasteiger partial charge is 0.261 e. The van der Waals surface area contributed by atoms with Crippen LogP contribution in [0.2, 0.25) is 0 Å². The summed E-state index contributed by atoms with van der Waals surface area (Å²) in [6.45, 7) is 2.44. The Balaban J connectivity index is 1.36. The molecule has 3 amide bonds. The molecule has 0 saturated heterocycles. The molecule has 1 fully saturated rings. The fraction of sp³-hybridized carbons (Fsp3) is 0.381. The Kier molecular flexibility index (Phi) is 7.24. The summed E-state index contributed by atoms with van der Waals surface area (Å²) in [6, 6.07) is 11.5. The van der Waals surface area contributed by atoms with E-state index in [1.54, 1.807) is 6.07 Å². The lowest BCUT2D eigenvalue weighted by molar-refractivity contribution is -0.123. The quantitative estimate of drug-likeness (QED) is 0.553. The lowest BCUT2D eigenvalue weighted by atomic mass is 10.1. The molecule has 1 heterocycles. The summed E-state index contributed by atoms with van der Waals surface area (Å²) in [4.78, 5) is 36.4. The van der Waals surface area contributed by atoms with E-state index in [1.807, 2.05) is 30.3 Å². The number of ether oxygens (including phenoxy) is 1. The number of amides is 3. The molecular weight excluding hydrogens is 390 g/mol. The minimum Gasteiger partial charge on any atom is -0.484 e. The summed E-state index contributed by atoms with van der Waals surface area (Å²) in [5.41, 5.74) is 1.07. The number of carbonyl (C=O) groups excluding carboxylic acids is 3. The summed E-state index contributed by atoms with van der Waals surface area (Å²) in [6.07, 6.45) is 2.81. The Morgan fingerprint density at radius 3 is 2.52 bits per heavy atom. The molecule has 154 valence electrons. The van der Waals surface area contributed by atoms with Gasteiger partial charge in [-0.25, -0.2) is 0 Å². The minimum absolute atomic E-state index is 0.0244. The maximum Gasteiger partial charge on any atom is 0.261 e. The van der Waals surface area contributed by atoms with Gasteiger partial charge in [0, 0.05) is 24.4 Å². The van der Waals surface area contributed by atoms with E-state index >= 15 is 0 Å². The molecule has 3 rings (SSSR count). The van der Waals surface area contributed by atoms with Crippen molar-refractivity contribution in [1.29, 1.82) is 0 Å². The molecule has 2 aromatic rings. The third kappa shape index (κ3) is 7.23. The van der Waals surface area contributed by atoms with Crippen molar-refractivity contribution in [3.05, 3.63) is 51.7 Å². The van der Waals surface area contributed by atoms with Crippen LogP contribution in [0.5, 0.6) is 5.75 Å². The van der Waals surface area contributed by atoms with Gasteiger partial charge in [0.1, 0.15) is 5.75 Å². The van der Waals surface area contributed by atoms with Crippen molar-refractivity contribution in [3.63, 3.8) is 0 Å². The van der Waals surface area contributed by atoms with E-state index in [4.69, 9.17) is 4.74 Å². The zero-order valence-electron chi connectivity index (χ0n) is 16.3. The van der Waals surface area contributed by atoms with Gasteiger partial charge < -0.3 is 20.7 Å². The summed E-state index contributed by atoms with van der Waals surface area (Å²) in [7, 11) is 0. The van der Waals surface area contributed by atoms with Crippen LogP contribution in [-0.4, -0.2) is 36.9 Å². The van der Waals surface area contributed by atoms with Crippen molar-refractivity contribution in [3.8, 4) is 5.75 Å². The van der Waals surface area contributed by atoms with E-state index in [9.17, 15) is 14.4 Å². The Morgan fingerprint density at radius 2 is 1.83 bits per heavy atom. The highest BCUT2D eigenvalue weighted by Crippen LogP contribution is 2.19. The van der Waals surface area contributed by atoms with Gasteiger partial charge in [-0.05, 0) is 49.1 Å². The third-order valence-electron chi connectivity index (χ3n) is 4.33. The van der Waals surface area contributed by atoms with Gasteiger partial charge in [-0.2, -0.15) is 0 Å². The third-order valence-corrected chi connectivity index (χ3v) is 5.42. The Bertz CT molecular complexity index is 859. The zero-order valence-corrected chi connectivity index (χ0v) is 17.1. The maximum absolute atomic E-state index is 12.2. The highest BCUT2D eigenvalue weighted by atomic mass is 32.1. The monoisotopic (exact) mass is 415 g/mol. The fourth-order valence-electron chi connectivity index (χ4n) is 2.61. The number of hydrogen-bond acceptors (Lipinski definition) is 5. The molecule has 0 radical (unpaired) electrons. The van der Waals surface area contributed by atoms with Crippen LogP contribution in [0, 0.1) is 0 Å². The first-order valence-electron chi connectivity index (χ1n) is 9.62. The molecular formula is C21H25N3O4S. The molecule has 29 heavy (non-hydrogen) atoms. The topological polar surface area (TPSA) is 96.5 Å². The second-order valence-electron chi connectivity index (χ2n) is 6.96. The number of nitrogens with one attached hydrogen (secondary N) is 3. The molecule has 8 heteroatoms. The molecule has 1 aliphatic carbocycles.